The summed E-state index contributed by atoms with van der Waals surface area (Å²) in [6.07, 6.45) is 0.835. The van der Waals surface area contributed by atoms with Crippen molar-refractivity contribution < 1.29 is 23.9 Å². The third-order valence-corrected chi connectivity index (χ3v) is 5.04. The van der Waals surface area contributed by atoms with Crippen LogP contribution in [0.4, 0.5) is 0 Å². The molecule has 3 aliphatic rings. The van der Waals surface area contributed by atoms with E-state index in [1.54, 1.807) is 29.3 Å². The van der Waals surface area contributed by atoms with Gasteiger partial charge in [0.25, 0.3) is 17.7 Å². The predicted molar refractivity (Wildman–Crippen MR) is 84.2 cm³/mol. The van der Waals surface area contributed by atoms with E-state index in [1.807, 2.05) is 0 Å². The van der Waals surface area contributed by atoms with Crippen LogP contribution in [0.15, 0.2) is 24.3 Å². The summed E-state index contributed by atoms with van der Waals surface area (Å²) in [5.41, 5.74) is 0.627. The number of imide groups is 1. The number of hydrogen-bond acceptors (Lipinski definition) is 6. The molecular formula is C17H17N3O5. The van der Waals surface area contributed by atoms with Crippen molar-refractivity contribution in [1.82, 2.24) is 14.9 Å². The van der Waals surface area contributed by atoms with Gasteiger partial charge in [-0.25, -0.2) is 9.80 Å². The van der Waals surface area contributed by atoms with Gasteiger partial charge in [0.15, 0.2) is 0 Å². The zero-order valence-corrected chi connectivity index (χ0v) is 13.7. The molecular weight excluding hydrogens is 326 g/mol. The van der Waals surface area contributed by atoms with Crippen molar-refractivity contribution in [1.29, 1.82) is 0 Å². The fraction of sp³-hybridized carbons (Fsp3) is 0.412. The van der Waals surface area contributed by atoms with Crippen LogP contribution in [0.3, 0.4) is 0 Å². The van der Waals surface area contributed by atoms with E-state index in [2.05, 4.69) is 0 Å². The maximum atomic E-state index is 13.0. The lowest BCUT2D eigenvalue weighted by Gasteiger charge is -2.40. The number of fused-ring (bicyclic) bond motifs is 2. The summed E-state index contributed by atoms with van der Waals surface area (Å²) in [6, 6.07) is 4.95. The number of carbonyl (C=O) groups is 4. The number of nitrogens with zero attached hydrogens (tertiary/aromatic N) is 3. The highest BCUT2D eigenvalue weighted by atomic mass is 16.5. The number of esters is 1. The highest BCUT2D eigenvalue weighted by molar-refractivity contribution is 6.22. The van der Waals surface area contributed by atoms with Gasteiger partial charge in [0.1, 0.15) is 12.1 Å². The molecule has 0 unspecified atom stereocenters. The summed E-state index contributed by atoms with van der Waals surface area (Å²) in [6.45, 7) is 1.07. The summed E-state index contributed by atoms with van der Waals surface area (Å²) in [5.74, 6) is -1.81. The maximum absolute atomic E-state index is 13.0. The molecule has 25 heavy (non-hydrogen) atoms. The molecule has 0 aliphatic carbocycles. The number of amides is 3. The molecule has 4 rings (SSSR count). The molecule has 2 atom stereocenters. The average molecular weight is 343 g/mol. The van der Waals surface area contributed by atoms with E-state index in [-0.39, 0.29) is 0 Å². The highest BCUT2D eigenvalue weighted by Gasteiger charge is 2.51. The lowest BCUT2D eigenvalue weighted by Crippen LogP contribution is -2.61. The molecule has 0 radical (unpaired) electrons. The first kappa shape index (κ1) is 15.8. The van der Waals surface area contributed by atoms with E-state index in [9.17, 15) is 19.2 Å². The Kier molecular flexibility index (Phi) is 3.57. The second-order valence-corrected chi connectivity index (χ2v) is 6.29. The number of rotatable bonds is 2. The molecule has 8 heteroatoms. The molecule has 0 N–H and O–H groups in total. The lowest BCUT2D eigenvalue weighted by molar-refractivity contribution is -0.169. The molecule has 3 heterocycles. The number of hydrazine groups is 1. The topological polar surface area (TPSA) is 87.2 Å². The van der Waals surface area contributed by atoms with Crippen molar-refractivity contribution in [2.45, 2.75) is 24.9 Å². The molecule has 1 aromatic rings. The van der Waals surface area contributed by atoms with Gasteiger partial charge in [-0.05, 0) is 25.0 Å². The minimum atomic E-state index is -0.895. The van der Waals surface area contributed by atoms with Crippen LogP contribution in [-0.4, -0.2) is 70.9 Å². The van der Waals surface area contributed by atoms with Crippen molar-refractivity contribution in [2.75, 3.05) is 20.2 Å². The smallest absolute Gasteiger partial charge is 0.330 e. The fourth-order valence-corrected chi connectivity index (χ4v) is 3.84. The molecule has 3 amide bonds. The Morgan fingerprint density at radius 1 is 1.04 bits per heavy atom. The van der Waals surface area contributed by atoms with Gasteiger partial charge in [0.05, 0.1) is 18.2 Å². The zero-order valence-electron chi connectivity index (χ0n) is 13.7. The Hall–Kier alpha value is -2.74. The molecule has 0 saturated carbocycles. The molecule has 1 aromatic carbocycles. The van der Waals surface area contributed by atoms with E-state index in [1.165, 1.54) is 12.1 Å². The Morgan fingerprint density at radius 3 is 2.24 bits per heavy atom. The maximum Gasteiger partial charge on any atom is 0.330 e. The monoisotopic (exact) mass is 343 g/mol. The number of carbonyl (C=O) groups excluding carboxylic acids is 4. The van der Waals surface area contributed by atoms with Crippen molar-refractivity contribution in [3.8, 4) is 0 Å². The summed E-state index contributed by atoms with van der Waals surface area (Å²) in [5, 5.41) is 3.15. The first-order valence-electron chi connectivity index (χ1n) is 8.17. The van der Waals surface area contributed by atoms with Gasteiger partial charge >= 0.3 is 5.97 Å². The molecule has 2 fully saturated rings. The summed E-state index contributed by atoms with van der Waals surface area (Å²) < 4.78 is 4.78. The normalized spacial score (nSPS) is 26.0. The Morgan fingerprint density at radius 2 is 1.64 bits per heavy atom. The number of hydrogen-bond donors (Lipinski definition) is 0. The van der Waals surface area contributed by atoms with Gasteiger partial charge in [-0.15, -0.1) is 0 Å². The first-order chi connectivity index (χ1) is 12.0. The van der Waals surface area contributed by atoms with E-state index in [0.29, 0.717) is 37.1 Å². The number of ether oxygens (including phenoxy) is 1. The van der Waals surface area contributed by atoms with Crippen LogP contribution in [0.1, 0.15) is 33.6 Å². The van der Waals surface area contributed by atoms with Crippen molar-refractivity contribution in [3.05, 3.63) is 35.4 Å². The molecule has 130 valence electrons. The minimum Gasteiger partial charge on any atom is -0.467 e. The standard InChI is InChI=1S/C17H17N3O5/c1-25-17(24)13-7-9-18-8-6-12(16(23)20(13)18)19-14(21)10-4-2-3-5-11(10)15(19)22/h2-5,12-13H,6-9H2,1H3/t12-,13-/m0/s1. The minimum absolute atomic E-state index is 0.314. The molecule has 0 spiro atoms. The molecule has 3 aliphatic heterocycles. The predicted octanol–water partition coefficient (Wildman–Crippen LogP) is 0.0458. The molecule has 0 aromatic heterocycles. The van der Waals surface area contributed by atoms with Gasteiger partial charge < -0.3 is 4.74 Å². The van der Waals surface area contributed by atoms with Gasteiger partial charge in [-0.2, -0.15) is 0 Å². The van der Waals surface area contributed by atoms with Crippen molar-refractivity contribution in [2.24, 2.45) is 0 Å². The quantitative estimate of drug-likeness (QED) is 0.557. The fourth-order valence-electron chi connectivity index (χ4n) is 3.84. The van der Waals surface area contributed by atoms with E-state index < -0.39 is 35.8 Å². The Labute approximate surface area is 143 Å². The summed E-state index contributed by atoms with van der Waals surface area (Å²) >= 11 is 0. The molecule has 8 nitrogen and oxygen atoms in total. The van der Waals surface area contributed by atoms with Crippen LogP contribution in [0.25, 0.3) is 0 Å². The van der Waals surface area contributed by atoms with Crippen LogP contribution >= 0.6 is 0 Å². The van der Waals surface area contributed by atoms with Gasteiger partial charge in [0, 0.05) is 13.1 Å². The van der Waals surface area contributed by atoms with E-state index in [0.717, 1.165) is 4.90 Å². The first-order valence-corrected chi connectivity index (χ1v) is 8.17. The van der Waals surface area contributed by atoms with Gasteiger partial charge in [-0.3, -0.25) is 24.3 Å². The molecule has 0 bridgehead atoms. The second kappa shape index (κ2) is 5.66. The van der Waals surface area contributed by atoms with Gasteiger partial charge in [-0.1, -0.05) is 12.1 Å². The average Bonchev–Trinajstić information content (AvgIpc) is 3.17. The van der Waals surface area contributed by atoms with Crippen LogP contribution in [0.5, 0.6) is 0 Å². The van der Waals surface area contributed by atoms with Crippen LogP contribution in [0, 0.1) is 0 Å². The molecule has 2 saturated heterocycles. The van der Waals surface area contributed by atoms with Crippen LogP contribution < -0.4 is 0 Å². The number of methoxy groups -OCH3 is 1. The SMILES string of the molecule is COC(=O)[C@@H]1CCN2CC[C@H](N3C(=O)c4ccccc4C3=O)C(=O)N12. The van der Waals surface area contributed by atoms with Crippen molar-refractivity contribution in [3.63, 3.8) is 0 Å². The Bertz CT molecular complexity index is 757. The number of benzene rings is 1. The summed E-state index contributed by atoms with van der Waals surface area (Å²) in [7, 11) is 1.28. The van der Waals surface area contributed by atoms with Crippen LogP contribution in [0.2, 0.25) is 0 Å². The third-order valence-electron chi connectivity index (χ3n) is 5.04. The van der Waals surface area contributed by atoms with E-state index >= 15 is 0 Å². The van der Waals surface area contributed by atoms with Crippen molar-refractivity contribution >= 4 is 23.7 Å². The highest BCUT2D eigenvalue weighted by Crippen LogP contribution is 2.32. The zero-order chi connectivity index (χ0) is 17.7. The third kappa shape index (κ3) is 2.17. The second-order valence-electron chi connectivity index (χ2n) is 6.29. The summed E-state index contributed by atoms with van der Waals surface area (Å²) in [4.78, 5) is 51.3. The lowest BCUT2D eigenvalue weighted by atomic mass is 10.1. The largest absolute Gasteiger partial charge is 0.467 e. The van der Waals surface area contributed by atoms with Crippen LogP contribution in [-0.2, 0) is 14.3 Å². The van der Waals surface area contributed by atoms with Gasteiger partial charge in [0.2, 0.25) is 0 Å². The van der Waals surface area contributed by atoms with E-state index in [4.69, 9.17) is 4.74 Å². The Balaban J connectivity index is 1.64.